The molecule has 0 aliphatic rings. The second-order valence-corrected chi connectivity index (χ2v) is 12.0. The van der Waals surface area contributed by atoms with Crippen LogP contribution in [0.4, 0.5) is 0 Å². The number of nitrogens with zero attached hydrogens (tertiary/aromatic N) is 5. The summed E-state index contributed by atoms with van der Waals surface area (Å²) in [4.78, 5) is 49.4. The topological polar surface area (TPSA) is 116 Å². The number of carbonyl (C=O) groups is 1. The lowest BCUT2D eigenvalue weighted by molar-refractivity contribution is 0.0824. The molecule has 3 aromatic heterocycles. The fraction of sp³-hybridized carbons (Fsp3) is 0.214. The molecule has 3 heterocycles. The van der Waals surface area contributed by atoms with Gasteiger partial charge in [0.15, 0.2) is 0 Å². The van der Waals surface area contributed by atoms with E-state index in [0.29, 0.717) is 32.0 Å². The lowest BCUT2D eigenvalue weighted by Gasteiger charge is -2.26. The van der Waals surface area contributed by atoms with Gasteiger partial charge in [0.25, 0.3) is 5.56 Å². The van der Waals surface area contributed by atoms with Crippen molar-refractivity contribution in [3.8, 4) is 16.9 Å². The minimum absolute atomic E-state index is 0.144. The zero-order chi connectivity index (χ0) is 28.8. The number of carbonyl (C=O) groups excluding carboxylic acids is 1. The molecule has 9 nitrogen and oxygen atoms in total. The Morgan fingerprint density at radius 2 is 1.70 bits per heavy atom. The average Bonchev–Trinajstić information content (AvgIpc) is 3.59. The van der Waals surface area contributed by atoms with E-state index in [0.717, 1.165) is 21.3 Å². The van der Waals surface area contributed by atoms with Crippen molar-refractivity contribution in [1.29, 1.82) is 0 Å². The van der Waals surface area contributed by atoms with Gasteiger partial charge in [-0.3, -0.25) is 19.1 Å². The number of aromatic amines is 1. The first-order chi connectivity index (χ1) is 18.9. The normalized spacial score (nSPS) is 12.1. The quantitative estimate of drug-likeness (QED) is 0.278. The van der Waals surface area contributed by atoms with Gasteiger partial charge < -0.3 is 0 Å². The number of aromatic nitrogens is 6. The van der Waals surface area contributed by atoms with Gasteiger partial charge >= 0.3 is 5.69 Å². The van der Waals surface area contributed by atoms with Gasteiger partial charge in [0.2, 0.25) is 5.91 Å². The van der Waals surface area contributed by atoms with E-state index in [4.69, 9.17) is 28.2 Å². The summed E-state index contributed by atoms with van der Waals surface area (Å²) in [6, 6.07) is 12.8. The maximum atomic E-state index is 13.6. The first kappa shape index (κ1) is 27.7. The van der Waals surface area contributed by atoms with E-state index < -0.39 is 22.1 Å². The lowest BCUT2D eigenvalue weighted by atomic mass is 9.84. The summed E-state index contributed by atoms with van der Waals surface area (Å²) >= 11 is 15.0. The van der Waals surface area contributed by atoms with E-state index in [9.17, 15) is 14.4 Å². The Morgan fingerprint density at radius 1 is 1.02 bits per heavy atom. The van der Waals surface area contributed by atoms with E-state index >= 15 is 0 Å². The molecule has 0 saturated heterocycles. The smallest absolute Gasteiger partial charge is 0.276 e. The van der Waals surface area contributed by atoms with Gasteiger partial charge in [-0.05, 0) is 39.8 Å². The molecule has 0 atom stereocenters. The second kappa shape index (κ2) is 10.3. The fourth-order valence-corrected chi connectivity index (χ4v) is 6.76. The molecule has 0 saturated carbocycles. The molecule has 0 radical (unpaired) electrons. The number of rotatable bonds is 6. The number of halogens is 2. The average molecular weight is 596 g/mol. The van der Waals surface area contributed by atoms with Gasteiger partial charge in [0.05, 0.1) is 16.8 Å². The van der Waals surface area contributed by atoms with Crippen molar-refractivity contribution < 1.29 is 4.79 Å². The van der Waals surface area contributed by atoms with Gasteiger partial charge in [-0.15, -0.1) is 11.3 Å². The molecule has 5 rings (SSSR count). The van der Waals surface area contributed by atoms with E-state index in [1.165, 1.54) is 22.2 Å². The molecule has 2 aromatic carbocycles. The van der Waals surface area contributed by atoms with Crippen molar-refractivity contribution in [2.24, 2.45) is 0 Å². The maximum absolute atomic E-state index is 13.6. The van der Waals surface area contributed by atoms with Gasteiger partial charge in [0.1, 0.15) is 17.5 Å². The molecule has 0 unspecified atom stereocenters. The number of H-pyrrole nitrogens is 1. The second-order valence-electron chi connectivity index (χ2n) is 10.2. The highest BCUT2D eigenvalue weighted by atomic mass is 35.5. The van der Waals surface area contributed by atoms with E-state index in [2.05, 4.69) is 15.1 Å². The Morgan fingerprint density at radius 3 is 2.30 bits per heavy atom. The van der Waals surface area contributed by atoms with Crippen molar-refractivity contribution >= 4 is 40.4 Å². The summed E-state index contributed by atoms with van der Waals surface area (Å²) < 4.78 is 2.48. The van der Waals surface area contributed by atoms with Crippen LogP contribution in [0.25, 0.3) is 16.9 Å². The van der Waals surface area contributed by atoms with Crippen LogP contribution in [-0.4, -0.2) is 35.2 Å². The van der Waals surface area contributed by atoms with Crippen LogP contribution in [0.2, 0.25) is 10.0 Å². The van der Waals surface area contributed by atoms with Gasteiger partial charge in [-0.25, -0.2) is 14.8 Å². The summed E-state index contributed by atoms with van der Waals surface area (Å²) in [5.41, 5.74) is -0.599. The van der Waals surface area contributed by atoms with Crippen LogP contribution in [0.3, 0.4) is 0 Å². The third-order valence-electron chi connectivity index (χ3n) is 6.66. The Hall–Kier alpha value is -3.86. The van der Waals surface area contributed by atoms with E-state index in [-0.39, 0.29) is 5.91 Å². The molecule has 0 aliphatic heterocycles. The zero-order valence-electron chi connectivity index (χ0n) is 22.0. The van der Waals surface area contributed by atoms with Crippen LogP contribution in [0.15, 0.2) is 77.0 Å². The van der Waals surface area contributed by atoms with Gasteiger partial charge in [0, 0.05) is 43.9 Å². The SMILES string of the molecule is CC(C)(C(=O)n1ccnc1)c1sc(C(C)(C)c2c(Cl)cc(-n3ncc(=O)[nH]c3=O)cc2Cl)nc1-c1ccccc1. The molecule has 0 aliphatic carbocycles. The highest BCUT2D eigenvalue weighted by Gasteiger charge is 2.40. The van der Waals surface area contributed by atoms with Gasteiger partial charge in [-0.2, -0.15) is 9.78 Å². The summed E-state index contributed by atoms with van der Waals surface area (Å²) in [6.07, 6.45) is 5.68. The maximum Gasteiger partial charge on any atom is 0.349 e. The highest BCUT2D eigenvalue weighted by Crippen LogP contribution is 2.47. The molecular weight excluding hydrogens is 571 g/mol. The summed E-state index contributed by atoms with van der Waals surface area (Å²) in [5, 5.41) is 5.17. The number of hydrogen-bond donors (Lipinski definition) is 1. The number of nitrogens with one attached hydrogen (secondary N) is 1. The number of benzene rings is 2. The third kappa shape index (κ3) is 4.83. The molecule has 0 fully saturated rings. The predicted octanol–water partition coefficient (Wildman–Crippen LogP) is 5.49. The molecule has 40 heavy (non-hydrogen) atoms. The summed E-state index contributed by atoms with van der Waals surface area (Å²) in [6.45, 7) is 7.64. The van der Waals surface area contributed by atoms with Crippen LogP contribution in [0.5, 0.6) is 0 Å². The molecular formula is C28H24Cl2N6O3S. The summed E-state index contributed by atoms with van der Waals surface area (Å²) in [5.74, 6) is -0.144. The van der Waals surface area contributed by atoms with Crippen LogP contribution in [0.1, 0.15) is 47.9 Å². The first-order valence-corrected chi connectivity index (χ1v) is 13.8. The Labute approximate surface area is 243 Å². The third-order valence-corrected chi connectivity index (χ3v) is 8.96. The largest absolute Gasteiger partial charge is 0.349 e. The van der Waals surface area contributed by atoms with Crippen molar-refractivity contribution in [2.45, 2.75) is 38.5 Å². The Bertz CT molecular complexity index is 1820. The molecule has 12 heteroatoms. The molecule has 0 spiro atoms. The van der Waals surface area contributed by atoms with E-state index in [1.807, 2.05) is 58.0 Å². The van der Waals surface area contributed by atoms with Crippen LogP contribution in [-0.2, 0) is 10.8 Å². The van der Waals surface area contributed by atoms with Crippen LogP contribution < -0.4 is 11.2 Å². The van der Waals surface area contributed by atoms with Crippen molar-refractivity contribution in [3.63, 3.8) is 0 Å². The fourth-order valence-electron chi connectivity index (χ4n) is 4.53. The van der Waals surface area contributed by atoms with Crippen molar-refractivity contribution in [1.82, 2.24) is 29.3 Å². The molecule has 204 valence electrons. The Kier molecular flexibility index (Phi) is 7.11. The number of imidazole rings is 1. The molecule has 0 bridgehead atoms. The Balaban J connectivity index is 1.66. The number of thiazole rings is 1. The van der Waals surface area contributed by atoms with E-state index in [1.54, 1.807) is 24.5 Å². The van der Waals surface area contributed by atoms with Crippen LogP contribution >= 0.6 is 34.5 Å². The van der Waals surface area contributed by atoms with Crippen molar-refractivity contribution in [2.75, 3.05) is 0 Å². The highest BCUT2D eigenvalue weighted by molar-refractivity contribution is 7.12. The number of hydrogen-bond acceptors (Lipinski definition) is 7. The molecule has 0 amide bonds. The van der Waals surface area contributed by atoms with Crippen LogP contribution in [0, 0.1) is 0 Å². The standard InChI is InChI=1S/C28H24Cl2N6O3S/c1-27(2,21-18(29)12-17(13-19(21)30)36-26(39)33-20(37)14-32-36)24-34-22(16-8-6-5-7-9-16)23(40-24)28(3,4)25(38)35-11-10-31-15-35/h5-15H,1-4H3,(H,33,37,39). The molecule has 1 N–H and O–H groups in total. The lowest BCUT2D eigenvalue weighted by Crippen LogP contribution is -2.33. The first-order valence-electron chi connectivity index (χ1n) is 12.2. The monoisotopic (exact) mass is 594 g/mol. The minimum Gasteiger partial charge on any atom is -0.276 e. The predicted molar refractivity (Wildman–Crippen MR) is 156 cm³/mol. The van der Waals surface area contributed by atoms with Crippen molar-refractivity contribution in [3.05, 3.63) is 114 Å². The minimum atomic E-state index is -0.938. The zero-order valence-corrected chi connectivity index (χ0v) is 24.3. The molecule has 5 aromatic rings. The summed E-state index contributed by atoms with van der Waals surface area (Å²) in [7, 11) is 0. The van der Waals surface area contributed by atoms with Gasteiger partial charge in [-0.1, -0.05) is 53.5 Å².